The van der Waals surface area contributed by atoms with Crippen molar-refractivity contribution in [2.24, 2.45) is 0 Å². The molecule has 204 valence electrons. The van der Waals surface area contributed by atoms with E-state index in [0.717, 1.165) is 33.1 Å². The molecule has 0 unspecified atom stereocenters. The lowest BCUT2D eigenvalue weighted by Crippen LogP contribution is -2.32. The van der Waals surface area contributed by atoms with E-state index in [2.05, 4.69) is 55.7 Å². The second-order valence-corrected chi connectivity index (χ2v) is 11.6. The van der Waals surface area contributed by atoms with Gasteiger partial charge < -0.3 is 9.30 Å². The number of aromatic nitrogens is 1. The molecule has 1 saturated heterocycles. The quantitative estimate of drug-likeness (QED) is 0.132. The predicted octanol–water partition coefficient (Wildman–Crippen LogP) is 7.01. The van der Waals surface area contributed by atoms with Crippen LogP contribution in [0.25, 0.3) is 17.0 Å². The number of ether oxygens (including phenoxy) is 1. The van der Waals surface area contributed by atoms with Crippen LogP contribution < -0.4 is 4.74 Å². The molecule has 0 saturated carbocycles. The van der Waals surface area contributed by atoms with Gasteiger partial charge in [-0.1, -0.05) is 63.2 Å². The molecule has 2 heterocycles. The summed E-state index contributed by atoms with van der Waals surface area (Å²) >= 11 is 0.912. The normalized spacial score (nSPS) is 14.9. The molecule has 0 N–H and O–H groups in total. The molecular formula is C31H29N3O5S. The second kappa shape index (κ2) is 11.0. The van der Waals surface area contributed by atoms with Gasteiger partial charge in [0, 0.05) is 41.3 Å². The fourth-order valence-corrected chi connectivity index (χ4v) is 5.44. The standard InChI is InChI=1S/C31H29N3O5S/c1-31(2,3)23-10-8-21(9-11-23)19-32-20-22(26-6-4-5-7-27(26)32)18-28-29(35)33(30(36)40-28)16-17-39-25-14-12-24(13-15-25)34(37)38/h4-15,18,20H,16-17,19H2,1-3H3. The van der Waals surface area contributed by atoms with E-state index in [1.807, 2.05) is 24.4 Å². The Morgan fingerprint density at radius 2 is 1.68 bits per heavy atom. The Labute approximate surface area is 236 Å². The highest BCUT2D eigenvalue weighted by molar-refractivity contribution is 8.18. The second-order valence-electron chi connectivity index (χ2n) is 10.6. The van der Waals surface area contributed by atoms with E-state index in [4.69, 9.17) is 4.74 Å². The first kappa shape index (κ1) is 27.2. The summed E-state index contributed by atoms with van der Waals surface area (Å²) in [6, 6.07) is 22.3. The largest absolute Gasteiger partial charge is 0.492 e. The number of imide groups is 1. The fourth-order valence-electron chi connectivity index (χ4n) is 4.58. The number of hydrogen-bond donors (Lipinski definition) is 0. The van der Waals surface area contributed by atoms with Gasteiger partial charge in [-0.15, -0.1) is 0 Å². The average Bonchev–Trinajstić information content (AvgIpc) is 3.40. The minimum absolute atomic E-state index is 0.0387. The molecular weight excluding hydrogens is 526 g/mol. The Bertz CT molecular complexity index is 1620. The van der Waals surface area contributed by atoms with Gasteiger partial charge in [0.2, 0.25) is 0 Å². The Morgan fingerprint density at radius 1 is 0.975 bits per heavy atom. The van der Waals surface area contributed by atoms with Crippen molar-refractivity contribution in [1.82, 2.24) is 9.47 Å². The van der Waals surface area contributed by atoms with E-state index < -0.39 is 4.92 Å². The van der Waals surface area contributed by atoms with Crippen LogP contribution in [0.2, 0.25) is 0 Å². The smallest absolute Gasteiger partial charge is 0.293 e. The molecule has 0 radical (unpaired) electrons. The number of amides is 2. The molecule has 0 bridgehead atoms. The lowest BCUT2D eigenvalue weighted by molar-refractivity contribution is -0.384. The first-order valence-corrected chi connectivity index (χ1v) is 13.7. The number of carbonyl (C=O) groups is 2. The number of rotatable bonds is 8. The summed E-state index contributed by atoms with van der Waals surface area (Å²) in [5.41, 5.74) is 4.42. The maximum Gasteiger partial charge on any atom is 0.293 e. The van der Waals surface area contributed by atoms with Crippen LogP contribution in [0.4, 0.5) is 10.5 Å². The van der Waals surface area contributed by atoms with Crippen LogP contribution in [-0.4, -0.2) is 38.7 Å². The number of para-hydroxylation sites is 1. The van der Waals surface area contributed by atoms with Crippen LogP contribution in [0.3, 0.4) is 0 Å². The van der Waals surface area contributed by atoms with E-state index >= 15 is 0 Å². The van der Waals surface area contributed by atoms with Crippen molar-refractivity contribution in [2.75, 3.05) is 13.2 Å². The number of nitrogens with zero attached hydrogens (tertiary/aromatic N) is 3. The summed E-state index contributed by atoms with van der Waals surface area (Å²) in [7, 11) is 0. The van der Waals surface area contributed by atoms with Crippen molar-refractivity contribution in [3.63, 3.8) is 0 Å². The van der Waals surface area contributed by atoms with Crippen molar-refractivity contribution in [1.29, 1.82) is 0 Å². The van der Waals surface area contributed by atoms with E-state index in [1.54, 1.807) is 6.08 Å². The third-order valence-electron chi connectivity index (χ3n) is 6.78. The van der Waals surface area contributed by atoms with Gasteiger partial charge in [0.15, 0.2) is 0 Å². The van der Waals surface area contributed by atoms with Gasteiger partial charge in [0.1, 0.15) is 12.4 Å². The first-order valence-electron chi connectivity index (χ1n) is 12.9. The molecule has 0 spiro atoms. The van der Waals surface area contributed by atoms with Crippen LogP contribution in [0.1, 0.15) is 37.5 Å². The van der Waals surface area contributed by atoms with E-state index in [1.165, 1.54) is 35.4 Å². The Morgan fingerprint density at radius 3 is 2.35 bits per heavy atom. The molecule has 1 aromatic heterocycles. The van der Waals surface area contributed by atoms with Crippen molar-refractivity contribution >= 4 is 45.6 Å². The zero-order valence-corrected chi connectivity index (χ0v) is 23.3. The number of benzene rings is 3. The molecule has 0 atom stereocenters. The third kappa shape index (κ3) is 5.79. The Balaban J connectivity index is 1.30. The number of non-ortho nitro benzene ring substituents is 1. The number of carbonyl (C=O) groups excluding carboxylic acids is 2. The van der Waals surface area contributed by atoms with Crippen LogP contribution >= 0.6 is 11.8 Å². The van der Waals surface area contributed by atoms with Crippen LogP contribution in [-0.2, 0) is 16.8 Å². The average molecular weight is 556 g/mol. The lowest BCUT2D eigenvalue weighted by Gasteiger charge is -2.19. The van der Waals surface area contributed by atoms with Crippen LogP contribution in [0, 0.1) is 10.1 Å². The van der Waals surface area contributed by atoms with E-state index in [-0.39, 0.29) is 35.4 Å². The summed E-state index contributed by atoms with van der Waals surface area (Å²) in [5, 5.41) is 11.5. The third-order valence-corrected chi connectivity index (χ3v) is 7.69. The molecule has 4 aromatic rings. The van der Waals surface area contributed by atoms with Crippen LogP contribution in [0.15, 0.2) is 83.9 Å². The molecule has 3 aromatic carbocycles. The van der Waals surface area contributed by atoms with Crippen molar-refractivity contribution in [2.45, 2.75) is 32.7 Å². The Kier molecular flexibility index (Phi) is 7.49. The number of fused-ring (bicyclic) bond motifs is 1. The summed E-state index contributed by atoms with van der Waals surface area (Å²) in [4.78, 5) is 37.6. The molecule has 1 fully saturated rings. The topological polar surface area (TPSA) is 94.7 Å². The van der Waals surface area contributed by atoms with Crippen LogP contribution in [0.5, 0.6) is 5.75 Å². The highest BCUT2D eigenvalue weighted by Crippen LogP contribution is 2.34. The van der Waals surface area contributed by atoms with Crippen molar-refractivity contribution in [3.05, 3.63) is 111 Å². The predicted molar refractivity (Wildman–Crippen MR) is 157 cm³/mol. The lowest BCUT2D eigenvalue weighted by atomic mass is 9.87. The zero-order valence-electron chi connectivity index (χ0n) is 22.5. The maximum absolute atomic E-state index is 13.1. The molecule has 5 rings (SSSR count). The van der Waals surface area contributed by atoms with Gasteiger partial charge >= 0.3 is 0 Å². The molecule has 9 heteroatoms. The molecule has 1 aliphatic rings. The molecule has 0 aliphatic carbocycles. The summed E-state index contributed by atoms with van der Waals surface area (Å²) in [6.07, 6.45) is 3.80. The molecule has 40 heavy (non-hydrogen) atoms. The fraction of sp³-hybridized carbons (Fsp3) is 0.226. The summed E-state index contributed by atoms with van der Waals surface area (Å²) in [5.74, 6) is 0.0610. The number of nitro groups is 1. The minimum atomic E-state index is -0.488. The summed E-state index contributed by atoms with van der Waals surface area (Å²) in [6.45, 7) is 7.42. The molecule has 8 nitrogen and oxygen atoms in total. The SMILES string of the molecule is CC(C)(C)c1ccc(Cn2cc(C=C3SC(=O)N(CCOc4ccc([N+](=O)[O-])cc4)C3=O)c3ccccc32)cc1. The first-order chi connectivity index (χ1) is 19.1. The number of hydrogen-bond acceptors (Lipinski definition) is 6. The van der Waals surface area contributed by atoms with Gasteiger partial charge in [-0.25, -0.2) is 0 Å². The van der Waals surface area contributed by atoms with Gasteiger partial charge in [-0.3, -0.25) is 24.6 Å². The van der Waals surface area contributed by atoms with Gasteiger partial charge in [-0.2, -0.15) is 0 Å². The molecule has 2 amide bonds. The molecule has 1 aliphatic heterocycles. The zero-order chi connectivity index (χ0) is 28.4. The van der Waals surface area contributed by atoms with Crippen molar-refractivity contribution < 1.29 is 19.2 Å². The van der Waals surface area contributed by atoms with Crippen molar-refractivity contribution in [3.8, 4) is 5.75 Å². The highest BCUT2D eigenvalue weighted by Gasteiger charge is 2.35. The number of thioether (sulfide) groups is 1. The monoisotopic (exact) mass is 555 g/mol. The van der Waals surface area contributed by atoms with Gasteiger partial charge in [0.05, 0.1) is 16.4 Å². The number of nitro benzene ring substituents is 1. The van der Waals surface area contributed by atoms with E-state index in [0.29, 0.717) is 17.2 Å². The van der Waals surface area contributed by atoms with Gasteiger partial charge in [-0.05, 0) is 52.6 Å². The van der Waals surface area contributed by atoms with E-state index in [9.17, 15) is 19.7 Å². The highest BCUT2D eigenvalue weighted by atomic mass is 32.2. The van der Waals surface area contributed by atoms with Gasteiger partial charge in [0.25, 0.3) is 16.8 Å². The maximum atomic E-state index is 13.1. The Hall–Kier alpha value is -4.37. The minimum Gasteiger partial charge on any atom is -0.492 e. The summed E-state index contributed by atoms with van der Waals surface area (Å²) < 4.78 is 7.76.